The van der Waals surface area contributed by atoms with E-state index in [-0.39, 0.29) is 5.69 Å². The standard InChI is InChI=1S/C7H11N3O4S/c1-13-10(14-2)5(6(11)12)4-3-15-7(8)9-4/h3,5H,1-2H3,(H2,8,9)(H,11,12). The summed E-state index contributed by atoms with van der Waals surface area (Å²) in [6, 6.07) is -1.13. The number of hydrogen-bond donors (Lipinski definition) is 2. The van der Waals surface area contributed by atoms with E-state index in [9.17, 15) is 4.79 Å². The van der Waals surface area contributed by atoms with Gasteiger partial charge in [-0.15, -0.1) is 11.3 Å². The van der Waals surface area contributed by atoms with Gasteiger partial charge in [-0.3, -0.25) is 9.68 Å². The monoisotopic (exact) mass is 233 g/mol. The predicted molar refractivity (Wildman–Crippen MR) is 52.8 cm³/mol. The minimum absolute atomic E-state index is 0.272. The maximum absolute atomic E-state index is 11.0. The van der Waals surface area contributed by atoms with E-state index in [0.29, 0.717) is 5.13 Å². The summed E-state index contributed by atoms with van der Waals surface area (Å²) in [5.41, 5.74) is 5.69. The van der Waals surface area contributed by atoms with Crippen molar-refractivity contribution in [2.75, 3.05) is 20.0 Å². The molecule has 1 heterocycles. The zero-order valence-electron chi connectivity index (χ0n) is 8.21. The van der Waals surface area contributed by atoms with Crippen molar-refractivity contribution in [3.8, 4) is 0 Å². The maximum Gasteiger partial charge on any atom is 0.332 e. The fourth-order valence-electron chi connectivity index (χ4n) is 1.04. The zero-order valence-corrected chi connectivity index (χ0v) is 9.02. The van der Waals surface area contributed by atoms with Crippen molar-refractivity contribution in [3.05, 3.63) is 11.1 Å². The summed E-state index contributed by atoms with van der Waals surface area (Å²) in [4.78, 5) is 24.3. The molecule has 0 aliphatic heterocycles. The zero-order chi connectivity index (χ0) is 11.4. The van der Waals surface area contributed by atoms with E-state index in [1.54, 1.807) is 5.38 Å². The van der Waals surface area contributed by atoms with Crippen molar-refractivity contribution < 1.29 is 19.6 Å². The predicted octanol–water partition coefficient (Wildman–Crippen LogP) is 0.276. The molecule has 0 aliphatic rings. The highest BCUT2D eigenvalue weighted by atomic mass is 32.1. The summed E-state index contributed by atoms with van der Waals surface area (Å²) >= 11 is 1.15. The summed E-state index contributed by atoms with van der Waals surface area (Å²) in [5.74, 6) is -1.14. The quantitative estimate of drug-likeness (QED) is 0.704. The van der Waals surface area contributed by atoms with Gasteiger partial charge < -0.3 is 10.8 Å². The molecule has 1 rings (SSSR count). The summed E-state index contributed by atoms with van der Waals surface area (Å²) in [6.07, 6.45) is 0. The van der Waals surface area contributed by atoms with Gasteiger partial charge in [0.15, 0.2) is 5.13 Å². The van der Waals surface area contributed by atoms with Crippen LogP contribution in [0.4, 0.5) is 5.13 Å². The summed E-state index contributed by atoms with van der Waals surface area (Å²) in [5, 5.41) is 11.7. The number of aliphatic carboxylic acids is 1. The van der Waals surface area contributed by atoms with Gasteiger partial charge in [-0.2, -0.15) is 0 Å². The number of nitrogen functional groups attached to an aromatic ring is 1. The van der Waals surface area contributed by atoms with Crippen LogP contribution in [0.25, 0.3) is 0 Å². The molecular formula is C7H11N3O4S. The number of hydrogen-bond acceptors (Lipinski definition) is 7. The maximum atomic E-state index is 11.0. The molecule has 0 radical (unpaired) electrons. The van der Waals surface area contributed by atoms with Crippen molar-refractivity contribution in [2.45, 2.75) is 6.04 Å². The normalized spacial score (nSPS) is 13.0. The Balaban J connectivity index is 2.97. The average Bonchev–Trinajstić information content (AvgIpc) is 2.59. The van der Waals surface area contributed by atoms with E-state index in [2.05, 4.69) is 4.98 Å². The van der Waals surface area contributed by atoms with Gasteiger partial charge >= 0.3 is 5.97 Å². The van der Waals surface area contributed by atoms with E-state index in [1.165, 1.54) is 14.2 Å². The summed E-state index contributed by atoms with van der Waals surface area (Å²) in [7, 11) is 2.60. The second-order valence-corrected chi connectivity index (χ2v) is 3.39. The molecule has 1 unspecified atom stereocenters. The number of aromatic nitrogens is 1. The van der Waals surface area contributed by atoms with Gasteiger partial charge in [0.1, 0.15) is 0 Å². The van der Waals surface area contributed by atoms with Crippen molar-refractivity contribution >= 4 is 22.4 Å². The van der Waals surface area contributed by atoms with E-state index in [1.807, 2.05) is 0 Å². The molecule has 0 aromatic carbocycles. The van der Waals surface area contributed by atoms with Gasteiger partial charge in [0.2, 0.25) is 6.04 Å². The fourth-order valence-corrected chi connectivity index (χ4v) is 1.62. The molecule has 1 atom stereocenters. The number of nitrogens with zero attached hydrogens (tertiary/aromatic N) is 2. The van der Waals surface area contributed by atoms with Crippen LogP contribution in [-0.2, 0) is 14.5 Å². The van der Waals surface area contributed by atoms with Crippen molar-refractivity contribution in [3.63, 3.8) is 0 Å². The molecular weight excluding hydrogens is 222 g/mol. The third kappa shape index (κ3) is 2.63. The first kappa shape index (κ1) is 11.9. The van der Waals surface area contributed by atoms with Crippen molar-refractivity contribution in [2.24, 2.45) is 0 Å². The molecule has 0 spiro atoms. The van der Waals surface area contributed by atoms with Crippen LogP contribution in [0.5, 0.6) is 0 Å². The van der Waals surface area contributed by atoms with E-state index in [0.717, 1.165) is 16.6 Å². The van der Waals surface area contributed by atoms with Gasteiger partial charge in [-0.1, -0.05) is 0 Å². The SMILES string of the molecule is CON(OC)C(C(=O)O)c1csc(N)n1. The molecule has 0 aliphatic carbocycles. The number of carboxylic acids is 1. The molecule has 0 fully saturated rings. The van der Waals surface area contributed by atoms with E-state index < -0.39 is 12.0 Å². The number of anilines is 1. The van der Waals surface area contributed by atoms with Crippen molar-refractivity contribution in [1.82, 2.24) is 10.2 Å². The number of thiazole rings is 1. The number of nitrogens with two attached hydrogens (primary N) is 1. The lowest BCUT2D eigenvalue weighted by molar-refractivity contribution is -0.362. The van der Waals surface area contributed by atoms with Crippen molar-refractivity contribution in [1.29, 1.82) is 0 Å². The highest BCUT2D eigenvalue weighted by molar-refractivity contribution is 7.13. The number of carboxylic acid groups (broad SMARTS) is 1. The van der Waals surface area contributed by atoms with Gasteiger partial charge in [-0.25, -0.2) is 9.78 Å². The van der Waals surface area contributed by atoms with Gasteiger partial charge in [0.05, 0.1) is 19.9 Å². The lowest BCUT2D eigenvalue weighted by atomic mass is 10.2. The molecule has 15 heavy (non-hydrogen) atoms. The molecule has 0 bridgehead atoms. The molecule has 0 saturated carbocycles. The minimum atomic E-state index is -1.14. The van der Waals surface area contributed by atoms with Crippen LogP contribution in [0.3, 0.4) is 0 Å². The Morgan fingerprint density at radius 2 is 2.27 bits per heavy atom. The largest absolute Gasteiger partial charge is 0.480 e. The molecule has 1 aromatic heterocycles. The Morgan fingerprint density at radius 1 is 1.67 bits per heavy atom. The molecule has 0 saturated heterocycles. The topological polar surface area (TPSA) is 97.9 Å². The lowest BCUT2D eigenvalue weighted by Gasteiger charge is -2.21. The lowest BCUT2D eigenvalue weighted by Crippen LogP contribution is -2.32. The van der Waals surface area contributed by atoms with Crippen LogP contribution in [-0.4, -0.2) is 35.5 Å². The third-order valence-corrected chi connectivity index (χ3v) is 2.32. The van der Waals surface area contributed by atoms with E-state index in [4.69, 9.17) is 20.5 Å². The second-order valence-electron chi connectivity index (χ2n) is 2.50. The highest BCUT2D eigenvalue weighted by Gasteiger charge is 2.30. The molecule has 1 aromatic rings. The van der Waals surface area contributed by atoms with Gasteiger partial charge in [0.25, 0.3) is 0 Å². The van der Waals surface area contributed by atoms with E-state index >= 15 is 0 Å². The van der Waals surface area contributed by atoms with Crippen LogP contribution < -0.4 is 5.73 Å². The summed E-state index contributed by atoms with van der Waals surface area (Å²) in [6.45, 7) is 0. The number of hydroxylamine groups is 2. The highest BCUT2D eigenvalue weighted by Crippen LogP contribution is 2.23. The van der Waals surface area contributed by atoms with Gasteiger partial charge in [0, 0.05) is 5.38 Å². The fraction of sp³-hybridized carbons (Fsp3) is 0.429. The summed E-state index contributed by atoms with van der Waals surface area (Å²) < 4.78 is 0. The first-order valence-corrected chi connectivity index (χ1v) is 4.79. The Hall–Kier alpha value is -1.22. The first-order chi connectivity index (χ1) is 7.10. The van der Waals surface area contributed by atoms with Crippen LogP contribution >= 0.6 is 11.3 Å². The van der Waals surface area contributed by atoms with Crippen LogP contribution in [0.2, 0.25) is 0 Å². The van der Waals surface area contributed by atoms with Crippen LogP contribution in [0.15, 0.2) is 5.38 Å². The molecule has 0 amide bonds. The minimum Gasteiger partial charge on any atom is -0.480 e. The Morgan fingerprint density at radius 3 is 2.60 bits per heavy atom. The second kappa shape index (κ2) is 5.03. The third-order valence-electron chi connectivity index (χ3n) is 1.62. The molecule has 84 valence electrons. The van der Waals surface area contributed by atoms with Gasteiger partial charge in [-0.05, 0) is 5.23 Å². The number of rotatable bonds is 5. The molecule has 7 nitrogen and oxygen atoms in total. The Kier molecular flexibility index (Phi) is 3.97. The van der Waals surface area contributed by atoms with Crippen LogP contribution in [0.1, 0.15) is 11.7 Å². The Labute approximate surface area is 89.9 Å². The molecule has 3 N–H and O–H groups in total. The average molecular weight is 233 g/mol. The van der Waals surface area contributed by atoms with Crippen LogP contribution in [0, 0.1) is 0 Å². The molecule has 8 heteroatoms. The first-order valence-electron chi connectivity index (χ1n) is 3.91. The smallest absolute Gasteiger partial charge is 0.332 e. The number of carbonyl (C=O) groups is 1. The Bertz CT molecular complexity index is 339.